The van der Waals surface area contributed by atoms with Gasteiger partial charge < -0.3 is 14.2 Å². The van der Waals surface area contributed by atoms with Crippen molar-refractivity contribution in [3.63, 3.8) is 0 Å². The van der Waals surface area contributed by atoms with Gasteiger partial charge in [-0.1, -0.05) is 31.4 Å². The maximum absolute atomic E-state index is 5.97. The summed E-state index contributed by atoms with van der Waals surface area (Å²) in [4.78, 5) is 0. The lowest BCUT2D eigenvalue weighted by molar-refractivity contribution is 0.117. The van der Waals surface area contributed by atoms with Crippen LogP contribution in [0, 0.1) is 5.92 Å². The third-order valence-corrected chi connectivity index (χ3v) is 7.32. The Bertz CT molecular complexity index is 807. The normalized spacial score (nSPS) is 23.6. The van der Waals surface area contributed by atoms with Gasteiger partial charge in [0.15, 0.2) is 0 Å². The zero-order chi connectivity index (χ0) is 23.8. The van der Waals surface area contributed by atoms with Crippen LogP contribution in [-0.4, -0.2) is 51.2 Å². The van der Waals surface area contributed by atoms with Crippen LogP contribution in [-0.2, 0) is 11.2 Å². The first-order valence-electron chi connectivity index (χ1n) is 12.7. The van der Waals surface area contributed by atoms with Crippen LogP contribution in [0.1, 0.15) is 82.8 Å². The Labute approximate surface area is 201 Å². The third-order valence-electron chi connectivity index (χ3n) is 7.32. The molecular weight excluding hydrogens is 412 g/mol. The Morgan fingerprint density at radius 1 is 1.12 bits per heavy atom. The Morgan fingerprint density at radius 3 is 2.48 bits per heavy atom. The van der Waals surface area contributed by atoms with Gasteiger partial charge in [-0.05, 0) is 70.1 Å². The highest BCUT2D eigenvalue weighted by molar-refractivity contribution is 5.86. The molecule has 1 aromatic rings. The number of benzene rings is 1. The lowest BCUT2D eigenvalue weighted by atomic mass is 9.73. The number of nitrogens with zero attached hydrogens (tertiary/aromatic N) is 2. The van der Waals surface area contributed by atoms with Crippen molar-refractivity contribution in [3.8, 4) is 11.5 Å². The van der Waals surface area contributed by atoms with Gasteiger partial charge in [-0.3, -0.25) is 5.01 Å². The standard InChI is InChI=1S/C28H44N2O3/c1-7-8-9-11-22-17-26(32-5)28(27(18-22)33-6)25-16-20(2)13-14-24(25)21(3)29-30-15-10-12-23(30)19-31-4/h13,17-18,23-25H,7-12,14-16,19H2,1-6H3/b29-21+/t23-,24+,25-/m0/s1. The van der Waals surface area contributed by atoms with Crippen LogP contribution >= 0.6 is 0 Å². The molecule has 184 valence electrons. The van der Waals surface area contributed by atoms with Crippen molar-refractivity contribution < 1.29 is 14.2 Å². The van der Waals surface area contributed by atoms with Gasteiger partial charge in [0.05, 0.1) is 26.9 Å². The van der Waals surface area contributed by atoms with Gasteiger partial charge >= 0.3 is 0 Å². The van der Waals surface area contributed by atoms with Gasteiger partial charge in [0.2, 0.25) is 0 Å². The first kappa shape index (κ1) is 25.6. The minimum atomic E-state index is 0.289. The molecule has 3 atom stereocenters. The second kappa shape index (κ2) is 12.5. The number of ether oxygens (including phenoxy) is 3. The molecule has 5 heteroatoms. The quantitative estimate of drug-likeness (QED) is 0.221. The third kappa shape index (κ3) is 6.32. The topological polar surface area (TPSA) is 43.3 Å². The van der Waals surface area contributed by atoms with Crippen LogP contribution in [0.15, 0.2) is 28.9 Å². The number of rotatable bonds is 11. The second-order valence-electron chi connectivity index (χ2n) is 9.73. The van der Waals surface area contributed by atoms with Crippen molar-refractivity contribution in [2.75, 3.05) is 34.5 Å². The lowest BCUT2D eigenvalue weighted by Gasteiger charge is -2.34. The predicted molar refractivity (Wildman–Crippen MR) is 137 cm³/mol. The molecule has 5 nitrogen and oxygen atoms in total. The van der Waals surface area contributed by atoms with E-state index >= 15 is 0 Å². The first-order valence-corrected chi connectivity index (χ1v) is 12.7. The van der Waals surface area contributed by atoms with Crippen LogP contribution in [0.25, 0.3) is 0 Å². The zero-order valence-corrected chi connectivity index (χ0v) is 21.7. The van der Waals surface area contributed by atoms with Gasteiger partial charge in [-0.2, -0.15) is 5.10 Å². The molecule has 0 saturated carbocycles. The molecule has 1 heterocycles. The Morgan fingerprint density at radius 2 is 1.85 bits per heavy atom. The molecule has 0 unspecified atom stereocenters. The van der Waals surface area contributed by atoms with Crippen molar-refractivity contribution in [2.45, 2.75) is 84.1 Å². The molecule has 1 fully saturated rings. The maximum atomic E-state index is 5.97. The fourth-order valence-electron chi connectivity index (χ4n) is 5.50. The average Bonchev–Trinajstić information content (AvgIpc) is 3.25. The van der Waals surface area contributed by atoms with E-state index in [4.69, 9.17) is 19.3 Å². The number of allylic oxidation sites excluding steroid dienone is 2. The summed E-state index contributed by atoms with van der Waals surface area (Å²) in [6.07, 6.45) is 11.4. The summed E-state index contributed by atoms with van der Waals surface area (Å²) >= 11 is 0. The molecule has 0 aromatic heterocycles. The Kier molecular flexibility index (Phi) is 9.66. The average molecular weight is 457 g/mol. The molecular formula is C28H44N2O3. The van der Waals surface area contributed by atoms with Crippen LogP contribution in [0.3, 0.4) is 0 Å². The van der Waals surface area contributed by atoms with Crippen molar-refractivity contribution in [3.05, 3.63) is 34.9 Å². The molecule has 0 bridgehead atoms. The van der Waals surface area contributed by atoms with Crippen molar-refractivity contribution in [1.29, 1.82) is 0 Å². The summed E-state index contributed by atoms with van der Waals surface area (Å²) in [5, 5.41) is 7.39. The fourth-order valence-corrected chi connectivity index (χ4v) is 5.50. The monoisotopic (exact) mass is 456 g/mol. The number of hydrazone groups is 1. The highest BCUT2D eigenvalue weighted by atomic mass is 16.5. The van der Waals surface area contributed by atoms with Gasteiger partial charge in [0, 0.05) is 36.8 Å². The summed E-state index contributed by atoms with van der Waals surface area (Å²) in [6.45, 7) is 8.43. The SMILES string of the molecule is CCCCCc1cc(OC)c([C@H]2CC(C)=CC[C@@H]2/C(C)=N/N2CCC[C@H]2COC)c(OC)c1. The van der Waals surface area contributed by atoms with Crippen LogP contribution in [0.5, 0.6) is 11.5 Å². The first-order chi connectivity index (χ1) is 16.0. The van der Waals surface area contributed by atoms with Gasteiger partial charge in [0.1, 0.15) is 11.5 Å². The summed E-state index contributed by atoms with van der Waals surface area (Å²) < 4.78 is 17.4. The highest BCUT2D eigenvalue weighted by Gasteiger charge is 2.34. The number of hydrogen-bond acceptors (Lipinski definition) is 5. The number of hydrogen-bond donors (Lipinski definition) is 0. The second-order valence-corrected chi connectivity index (χ2v) is 9.73. The molecule has 0 spiro atoms. The van der Waals surface area contributed by atoms with Gasteiger partial charge in [0.25, 0.3) is 0 Å². The number of aryl methyl sites for hydroxylation is 1. The Hall–Kier alpha value is -2.01. The fraction of sp³-hybridized carbons (Fsp3) is 0.679. The highest BCUT2D eigenvalue weighted by Crippen LogP contribution is 2.47. The van der Waals surface area contributed by atoms with Crippen LogP contribution in [0.4, 0.5) is 0 Å². The van der Waals surface area contributed by atoms with E-state index in [1.807, 2.05) is 0 Å². The summed E-state index contributed by atoms with van der Waals surface area (Å²) in [5.41, 5.74) is 5.12. The minimum absolute atomic E-state index is 0.289. The smallest absolute Gasteiger partial charge is 0.126 e. The van der Waals surface area contributed by atoms with Crippen molar-refractivity contribution in [1.82, 2.24) is 5.01 Å². The predicted octanol–water partition coefficient (Wildman–Crippen LogP) is 6.36. The minimum Gasteiger partial charge on any atom is -0.496 e. The van der Waals surface area contributed by atoms with E-state index in [-0.39, 0.29) is 5.92 Å². The van der Waals surface area contributed by atoms with Gasteiger partial charge in [-0.25, -0.2) is 0 Å². The Balaban J connectivity index is 1.94. The van der Waals surface area contributed by atoms with Crippen molar-refractivity contribution >= 4 is 5.71 Å². The molecule has 2 aliphatic rings. The molecule has 0 N–H and O–H groups in total. The summed E-state index contributed by atoms with van der Waals surface area (Å²) in [5.74, 6) is 2.52. The largest absolute Gasteiger partial charge is 0.496 e. The van der Waals surface area contributed by atoms with Crippen molar-refractivity contribution in [2.24, 2.45) is 11.0 Å². The van der Waals surface area contributed by atoms with E-state index in [0.29, 0.717) is 12.0 Å². The maximum Gasteiger partial charge on any atom is 0.126 e. The lowest BCUT2D eigenvalue weighted by Crippen LogP contribution is -2.32. The molecule has 1 saturated heterocycles. The molecule has 0 radical (unpaired) electrons. The van der Waals surface area contributed by atoms with E-state index in [0.717, 1.165) is 50.3 Å². The van der Waals surface area contributed by atoms with E-state index in [1.54, 1.807) is 21.3 Å². The molecule has 3 rings (SSSR count). The molecule has 1 aromatic carbocycles. The van der Waals surface area contributed by atoms with Crippen LogP contribution in [0.2, 0.25) is 0 Å². The van der Waals surface area contributed by atoms with E-state index in [1.165, 1.54) is 48.1 Å². The molecule has 1 aliphatic carbocycles. The summed E-state index contributed by atoms with van der Waals surface area (Å²) in [6, 6.07) is 4.86. The summed E-state index contributed by atoms with van der Waals surface area (Å²) in [7, 11) is 5.35. The van der Waals surface area contributed by atoms with E-state index in [9.17, 15) is 0 Å². The van der Waals surface area contributed by atoms with Crippen LogP contribution < -0.4 is 9.47 Å². The van der Waals surface area contributed by atoms with E-state index in [2.05, 4.69) is 44.0 Å². The van der Waals surface area contributed by atoms with Gasteiger partial charge in [-0.15, -0.1) is 0 Å². The van der Waals surface area contributed by atoms with E-state index < -0.39 is 0 Å². The molecule has 1 aliphatic heterocycles. The number of unbranched alkanes of at least 4 members (excludes halogenated alkanes) is 2. The zero-order valence-electron chi connectivity index (χ0n) is 21.7. The number of methoxy groups -OCH3 is 3. The molecule has 33 heavy (non-hydrogen) atoms. The molecule has 0 amide bonds.